The summed E-state index contributed by atoms with van der Waals surface area (Å²) >= 11 is 0. The Morgan fingerprint density at radius 3 is 2.39 bits per heavy atom. The highest BCUT2D eigenvalue weighted by molar-refractivity contribution is 5.53. The monoisotopic (exact) mass is 310 g/mol. The normalized spacial score (nSPS) is 10.5. The third-order valence-corrected chi connectivity index (χ3v) is 3.23. The second kappa shape index (κ2) is 6.96. The van der Waals surface area contributed by atoms with Crippen LogP contribution >= 0.6 is 0 Å². The van der Waals surface area contributed by atoms with Gasteiger partial charge >= 0.3 is 0 Å². The Balaban J connectivity index is 1.63. The lowest BCUT2D eigenvalue weighted by Gasteiger charge is -2.05. The molecule has 0 aliphatic heterocycles. The molecule has 0 atom stereocenters. The number of aryl methyl sites for hydroxylation is 1. The first-order valence-corrected chi connectivity index (χ1v) is 7.49. The van der Waals surface area contributed by atoms with E-state index in [4.69, 9.17) is 13.9 Å². The van der Waals surface area contributed by atoms with Gasteiger partial charge in [-0.05, 0) is 50.2 Å². The van der Waals surface area contributed by atoms with Crippen molar-refractivity contribution in [3.8, 4) is 23.0 Å². The number of hydrogen-bond donors (Lipinski definition) is 0. The van der Waals surface area contributed by atoms with E-state index >= 15 is 0 Å². The zero-order valence-electron chi connectivity index (χ0n) is 13.2. The van der Waals surface area contributed by atoms with Gasteiger partial charge in [0.25, 0.3) is 5.89 Å². The van der Waals surface area contributed by atoms with Crippen molar-refractivity contribution in [1.29, 1.82) is 0 Å². The first kappa shape index (κ1) is 15.1. The van der Waals surface area contributed by atoms with E-state index in [0.29, 0.717) is 18.4 Å². The Labute approximate surface area is 134 Å². The highest BCUT2D eigenvalue weighted by Gasteiger charge is 2.09. The van der Waals surface area contributed by atoms with Gasteiger partial charge in [0.05, 0.1) is 6.61 Å². The molecule has 118 valence electrons. The van der Waals surface area contributed by atoms with Crippen LogP contribution in [0.5, 0.6) is 11.5 Å². The molecule has 1 heterocycles. The summed E-state index contributed by atoms with van der Waals surface area (Å²) in [5.41, 5.74) is 2.05. The van der Waals surface area contributed by atoms with Gasteiger partial charge in [-0.1, -0.05) is 17.7 Å². The maximum atomic E-state index is 5.65. The first-order valence-electron chi connectivity index (χ1n) is 7.49. The van der Waals surface area contributed by atoms with Crippen LogP contribution in [0.3, 0.4) is 0 Å². The molecule has 3 rings (SSSR count). The number of aromatic nitrogens is 2. The summed E-state index contributed by atoms with van der Waals surface area (Å²) in [6.07, 6.45) is 0. The molecule has 0 saturated carbocycles. The molecule has 0 spiro atoms. The topological polar surface area (TPSA) is 57.4 Å². The lowest BCUT2D eigenvalue weighted by atomic mass is 10.1. The summed E-state index contributed by atoms with van der Waals surface area (Å²) in [6.45, 7) is 4.85. The average molecular weight is 310 g/mol. The number of benzene rings is 2. The summed E-state index contributed by atoms with van der Waals surface area (Å²) in [6, 6.07) is 15.4. The fourth-order valence-electron chi connectivity index (χ4n) is 2.15. The molecule has 0 saturated heterocycles. The lowest BCUT2D eigenvalue weighted by molar-refractivity contribution is 0.264. The average Bonchev–Trinajstić information content (AvgIpc) is 3.04. The molecule has 0 radical (unpaired) electrons. The molecule has 0 amide bonds. The van der Waals surface area contributed by atoms with Gasteiger partial charge in [0.1, 0.15) is 11.5 Å². The summed E-state index contributed by atoms with van der Waals surface area (Å²) < 4.78 is 16.7. The summed E-state index contributed by atoms with van der Waals surface area (Å²) in [5.74, 6) is 2.48. The van der Waals surface area contributed by atoms with Gasteiger partial charge in [-0.25, -0.2) is 0 Å². The third kappa shape index (κ3) is 3.88. The minimum atomic E-state index is 0.229. The fourth-order valence-corrected chi connectivity index (χ4v) is 2.15. The molecule has 0 N–H and O–H groups in total. The maximum absolute atomic E-state index is 5.65. The Morgan fingerprint density at radius 2 is 1.70 bits per heavy atom. The van der Waals surface area contributed by atoms with Crippen molar-refractivity contribution in [2.45, 2.75) is 20.5 Å². The molecule has 3 aromatic rings. The van der Waals surface area contributed by atoms with Crippen molar-refractivity contribution in [2.24, 2.45) is 0 Å². The molecular formula is C18H18N2O3. The second-order valence-corrected chi connectivity index (χ2v) is 5.06. The van der Waals surface area contributed by atoms with Crippen LogP contribution in [0, 0.1) is 6.92 Å². The molecule has 0 aliphatic rings. The number of rotatable bonds is 6. The van der Waals surface area contributed by atoms with Crippen LogP contribution in [0.4, 0.5) is 0 Å². The van der Waals surface area contributed by atoms with Crippen molar-refractivity contribution in [2.75, 3.05) is 6.61 Å². The highest BCUT2D eigenvalue weighted by Crippen LogP contribution is 2.21. The molecule has 0 aliphatic carbocycles. The van der Waals surface area contributed by atoms with Crippen molar-refractivity contribution < 1.29 is 13.9 Å². The van der Waals surface area contributed by atoms with E-state index in [1.165, 1.54) is 0 Å². The van der Waals surface area contributed by atoms with Crippen molar-refractivity contribution in [3.63, 3.8) is 0 Å². The Morgan fingerprint density at radius 1 is 0.957 bits per heavy atom. The van der Waals surface area contributed by atoms with Crippen LogP contribution in [0.1, 0.15) is 18.4 Å². The third-order valence-electron chi connectivity index (χ3n) is 3.23. The minimum Gasteiger partial charge on any atom is -0.494 e. The number of nitrogens with zero attached hydrogens (tertiary/aromatic N) is 2. The van der Waals surface area contributed by atoms with Gasteiger partial charge in [-0.2, -0.15) is 0 Å². The molecule has 23 heavy (non-hydrogen) atoms. The lowest BCUT2D eigenvalue weighted by Crippen LogP contribution is -1.96. The van der Waals surface area contributed by atoms with Crippen LogP contribution in [0.25, 0.3) is 11.5 Å². The standard InChI is InChI=1S/C18H18N2O3/c1-3-21-15-7-9-16(10-8-15)22-12-17-19-20-18(23-17)14-6-4-5-13(2)11-14/h4-11H,3,12H2,1-2H3. The molecule has 5 heteroatoms. The van der Waals surface area contributed by atoms with Gasteiger partial charge in [0, 0.05) is 5.56 Å². The smallest absolute Gasteiger partial charge is 0.254 e. The van der Waals surface area contributed by atoms with Gasteiger partial charge in [-0.3, -0.25) is 0 Å². The minimum absolute atomic E-state index is 0.229. The molecule has 2 aromatic carbocycles. The van der Waals surface area contributed by atoms with Crippen LogP contribution in [0.2, 0.25) is 0 Å². The molecule has 5 nitrogen and oxygen atoms in total. The summed E-state index contributed by atoms with van der Waals surface area (Å²) in [7, 11) is 0. The largest absolute Gasteiger partial charge is 0.494 e. The van der Waals surface area contributed by atoms with Crippen molar-refractivity contribution in [3.05, 3.63) is 60.0 Å². The van der Waals surface area contributed by atoms with Crippen LogP contribution in [-0.2, 0) is 6.61 Å². The highest BCUT2D eigenvalue weighted by atomic mass is 16.5. The molecular weight excluding hydrogens is 292 g/mol. The Kier molecular flexibility index (Phi) is 4.57. The summed E-state index contributed by atoms with van der Waals surface area (Å²) in [5, 5.41) is 8.08. The van der Waals surface area contributed by atoms with Gasteiger partial charge < -0.3 is 13.9 Å². The van der Waals surface area contributed by atoms with Crippen LogP contribution < -0.4 is 9.47 Å². The molecule has 0 bridgehead atoms. The first-order chi connectivity index (χ1) is 11.2. The number of hydrogen-bond acceptors (Lipinski definition) is 5. The maximum Gasteiger partial charge on any atom is 0.254 e. The van der Waals surface area contributed by atoms with Gasteiger partial charge in [-0.15, -0.1) is 10.2 Å². The second-order valence-electron chi connectivity index (χ2n) is 5.06. The van der Waals surface area contributed by atoms with E-state index < -0.39 is 0 Å². The zero-order valence-corrected chi connectivity index (χ0v) is 13.2. The van der Waals surface area contributed by atoms with Crippen LogP contribution in [-0.4, -0.2) is 16.8 Å². The van der Waals surface area contributed by atoms with Crippen LogP contribution in [0.15, 0.2) is 52.9 Å². The SMILES string of the molecule is CCOc1ccc(OCc2nnc(-c3cccc(C)c3)o2)cc1. The quantitative estimate of drug-likeness (QED) is 0.688. The van der Waals surface area contributed by atoms with E-state index in [0.717, 1.165) is 22.6 Å². The Bertz CT molecular complexity index is 766. The van der Waals surface area contributed by atoms with E-state index in [1.807, 2.05) is 62.4 Å². The molecule has 1 aromatic heterocycles. The van der Waals surface area contributed by atoms with E-state index in [1.54, 1.807) is 0 Å². The van der Waals surface area contributed by atoms with Gasteiger partial charge in [0.2, 0.25) is 5.89 Å². The van der Waals surface area contributed by atoms with E-state index in [9.17, 15) is 0 Å². The van der Waals surface area contributed by atoms with Crippen molar-refractivity contribution in [1.82, 2.24) is 10.2 Å². The molecule has 0 unspecified atom stereocenters. The van der Waals surface area contributed by atoms with Gasteiger partial charge in [0.15, 0.2) is 6.61 Å². The predicted octanol–water partition coefficient (Wildman–Crippen LogP) is 4.02. The zero-order chi connectivity index (χ0) is 16.1. The predicted molar refractivity (Wildman–Crippen MR) is 86.4 cm³/mol. The fraction of sp³-hybridized carbons (Fsp3) is 0.222. The van der Waals surface area contributed by atoms with E-state index in [-0.39, 0.29) is 6.61 Å². The molecule has 0 fully saturated rings. The summed E-state index contributed by atoms with van der Waals surface area (Å²) in [4.78, 5) is 0. The van der Waals surface area contributed by atoms with Crippen molar-refractivity contribution >= 4 is 0 Å². The Hall–Kier alpha value is -2.82. The number of ether oxygens (including phenoxy) is 2. The van der Waals surface area contributed by atoms with E-state index in [2.05, 4.69) is 10.2 Å².